The summed E-state index contributed by atoms with van der Waals surface area (Å²) < 4.78 is 26.9. The van der Waals surface area contributed by atoms with E-state index in [1.807, 2.05) is 17.5 Å². The minimum atomic E-state index is -0.752. The molecule has 2 aromatic rings. The first-order valence-corrected chi connectivity index (χ1v) is 7.90. The standard InChI is InChI=1S/C16H15F2NO2S/c17-10-3-4-13(18)12(8-10)16(21)19-15(9-6-11(20)7-9)14-2-1-5-22-14/h1-5,8-9,11,15,20H,6-7H2,(H,19,21). The third-order valence-corrected chi connectivity index (χ3v) is 4.89. The molecule has 2 N–H and O–H groups in total. The third-order valence-electron chi connectivity index (χ3n) is 3.93. The average Bonchev–Trinajstić information content (AvgIpc) is 2.98. The maximum Gasteiger partial charge on any atom is 0.254 e. The van der Waals surface area contributed by atoms with Gasteiger partial charge in [-0.25, -0.2) is 8.78 Å². The number of hydrogen-bond acceptors (Lipinski definition) is 3. The summed E-state index contributed by atoms with van der Waals surface area (Å²) in [5.74, 6) is -1.94. The second kappa shape index (κ2) is 6.14. The number of nitrogens with one attached hydrogen (secondary N) is 1. The minimum Gasteiger partial charge on any atom is -0.393 e. The molecule has 6 heteroatoms. The van der Waals surface area contributed by atoms with Gasteiger partial charge < -0.3 is 10.4 Å². The smallest absolute Gasteiger partial charge is 0.254 e. The number of carbonyl (C=O) groups is 1. The van der Waals surface area contributed by atoms with Gasteiger partial charge in [-0.05, 0) is 48.4 Å². The first kappa shape index (κ1) is 15.1. The lowest BCUT2D eigenvalue weighted by Gasteiger charge is -2.37. The fourth-order valence-corrected chi connectivity index (χ4v) is 3.55. The molecule has 0 spiro atoms. The number of thiophene rings is 1. The van der Waals surface area contributed by atoms with Crippen LogP contribution in [0.2, 0.25) is 0 Å². The fourth-order valence-electron chi connectivity index (χ4n) is 2.68. The van der Waals surface area contributed by atoms with Crippen LogP contribution in [0.25, 0.3) is 0 Å². The Labute approximate surface area is 130 Å². The van der Waals surface area contributed by atoms with Gasteiger partial charge >= 0.3 is 0 Å². The summed E-state index contributed by atoms with van der Waals surface area (Å²) >= 11 is 1.49. The lowest BCUT2D eigenvalue weighted by Crippen LogP contribution is -2.41. The van der Waals surface area contributed by atoms with Crippen LogP contribution < -0.4 is 5.32 Å². The number of aliphatic hydroxyl groups excluding tert-OH is 1. The summed E-state index contributed by atoms with van der Waals surface area (Å²) in [4.78, 5) is 13.2. The van der Waals surface area contributed by atoms with E-state index >= 15 is 0 Å². The molecule has 3 nitrogen and oxygen atoms in total. The van der Waals surface area contributed by atoms with Crippen LogP contribution in [0.4, 0.5) is 8.78 Å². The van der Waals surface area contributed by atoms with Gasteiger partial charge in [0.05, 0.1) is 17.7 Å². The highest BCUT2D eigenvalue weighted by atomic mass is 32.1. The Hall–Kier alpha value is -1.79. The van der Waals surface area contributed by atoms with Gasteiger partial charge in [0.1, 0.15) is 11.6 Å². The molecule has 1 unspecified atom stereocenters. The van der Waals surface area contributed by atoms with Crippen molar-refractivity contribution < 1.29 is 18.7 Å². The molecule has 1 fully saturated rings. The summed E-state index contributed by atoms with van der Waals surface area (Å²) in [6, 6.07) is 6.28. The van der Waals surface area contributed by atoms with Gasteiger partial charge in [-0.3, -0.25) is 4.79 Å². The van der Waals surface area contributed by atoms with Gasteiger partial charge in [-0.2, -0.15) is 0 Å². The molecule has 0 saturated heterocycles. The molecular formula is C16H15F2NO2S. The lowest BCUT2D eigenvalue weighted by molar-refractivity contribution is 0.0240. The average molecular weight is 323 g/mol. The van der Waals surface area contributed by atoms with Crippen LogP contribution in [0.1, 0.15) is 34.1 Å². The molecule has 1 aromatic heterocycles. The van der Waals surface area contributed by atoms with E-state index in [4.69, 9.17) is 0 Å². The molecule has 116 valence electrons. The number of rotatable bonds is 4. The lowest BCUT2D eigenvalue weighted by atomic mass is 9.76. The zero-order valence-corrected chi connectivity index (χ0v) is 12.4. The normalized spacial score (nSPS) is 22.0. The van der Waals surface area contributed by atoms with Crippen molar-refractivity contribution in [1.29, 1.82) is 0 Å². The third kappa shape index (κ3) is 3.03. The monoisotopic (exact) mass is 323 g/mol. The fraction of sp³-hybridized carbons (Fsp3) is 0.312. The van der Waals surface area contributed by atoms with Gasteiger partial charge in [-0.1, -0.05) is 6.07 Å². The molecule has 1 aromatic carbocycles. The van der Waals surface area contributed by atoms with E-state index in [1.54, 1.807) is 0 Å². The van der Waals surface area contributed by atoms with Crippen LogP contribution in [0, 0.1) is 17.6 Å². The van der Waals surface area contributed by atoms with Crippen molar-refractivity contribution >= 4 is 17.2 Å². The van der Waals surface area contributed by atoms with Crippen LogP contribution in [-0.4, -0.2) is 17.1 Å². The topological polar surface area (TPSA) is 49.3 Å². The van der Waals surface area contributed by atoms with E-state index in [2.05, 4.69) is 5.32 Å². The van der Waals surface area contributed by atoms with E-state index in [0.717, 1.165) is 23.1 Å². The van der Waals surface area contributed by atoms with E-state index in [1.165, 1.54) is 11.3 Å². The van der Waals surface area contributed by atoms with Gasteiger partial charge in [0.2, 0.25) is 0 Å². The van der Waals surface area contributed by atoms with Crippen LogP contribution in [0.3, 0.4) is 0 Å². The van der Waals surface area contributed by atoms with Gasteiger partial charge in [0.25, 0.3) is 5.91 Å². The SMILES string of the molecule is O=C(NC(c1cccs1)C1CC(O)C1)c1cc(F)ccc1F. The number of aliphatic hydroxyl groups is 1. The molecular weight excluding hydrogens is 308 g/mol. The van der Waals surface area contributed by atoms with Crippen molar-refractivity contribution in [1.82, 2.24) is 5.32 Å². The molecule has 0 radical (unpaired) electrons. The molecule has 1 aliphatic rings. The zero-order valence-electron chi connectivity index (χ0n) is 11.6. The van der Waals surface area contributed by atoms with Crippen LogP contribution in [-0.2, 0) is 0 Å². The second-order valence-electron chi connectivity index (χ2n) is 5.48. The molecule has 22 heavy (non-hydrogen) atoms. The second-order valence-corrected chi connectivity index (χ2v) is 6.46. The predicted octanol–water partition coefficient (Wildman–Crippen LogP) is 3.27. The largest absolute Gasteiger partial charge is 0.393 e. The van der Waals surface area contributed by atoms with Crippen molar-refractivity contribution in [3.05, 3.63) is 57.8 Å². The highest BCUT2D eigenvalue weighted by Crippen LogP contribution is 2.39. The maximum atomic E-state index is 13.7. The molecule has 3 rings (SSSR count). The number of amides is 1. The van der Waals surface area contributed by atoms with Gasteiger partial charge in [-0.15, -0.1) is 11.3 Å². The Morgan fingerprint density at radius 2 is 2.09 bits per heavy atom. The maximum absolute atomic E-state index is 13.7. The Morgan fingerprint density at radius 3 is 2.73 bits per heavy atom. The Balaban J connectivity index is 1.81. The van der Waals surface area contributed by atoms with Crippen molar-refractivity contribution in [3.63, 3.8) is 0 Å². The van der Waals surface area contributed by atoms with Crippen molar-refractivity contribution in [2.24, 2.45) is 5.92 Å². The van der Waals surface area contributed by atoms with Crippen LogP contribution >= 0.6 is 11.3 Å². The zero-order chi connectivity index (χ0) is 15.7. The molecule has 1 saturated carbocycles. The summed E-state index contributed by atoms with van der Waals surface area (Å²) in [6.45, 7) is 0. The van der Waals surface area contributed by atoms with E-state index < -0.39 is 17.5 Å². The summed E-state index contributed by atoms with van der Waals surface area (Å²) in [5.41, 5.74) is -0.304. The van der Waals surface area contributed by atoms with Crippen molar-refractivity contribution in [2.75, 3.05) is 0 Å². The Kier molecular flexibility index (Phi) is 4.22. The molecule has 0 bridgehead atoms. The van der Waals surface area contributed by atoms with E-state index in [-0.39, 0.29) is 23.6 Å². The van der Waals surface area contributed by atoms with Gasteiger partial charge in [0.15, 0.2) is 0 Å². The molecule has 1 amide bonds. The Morgan fingerprint density at radius 1 is 1.32 bits per heavy atom. The van der Waals surface area contributed by atoms with Crippen molar-refractivity contribution in [3.8, 4) is 0 Å². The first-order valence-electron chi connectivity index (χ1n) is 7.02. The Bertz CT molecular complexity index is 669. The van der Waals surface area contributed by atoms with Crippen LogP contribution in [0.5, 0.6) is 0 Å². The van der Waals surface area contributed by atoms with E-state index in [9.17, 15) is 18.7 Å². The number of benzene rings is 1. The minimum absolute atomic E-state index is 0.106. The number of carbonyl (C=O) groups excluding carboxylic acids is 1. The summed E-state index contributed by atoms with van der Waals surface area (Å²) in [5, 5.41) is 14.2. The number of hydrogen-bond donors (Lipinski definition) is 2. The molecule has 1 aliphatic carbocycles. The quantitative estimate of drug-likeness (QED) is 0.907. The highest BCUT2D eigenvalue weighted by molar-refractivity contribution is 7.10. The number of halogens is 2. The predicted molar refractivity (Wildman–Crippen MR) is 79.6 cm³/mol. The molecule has 1 atom stereocenters. The highest BCUT2D eigenvalue weighted by Gasteiger charge is 2.36. The van der Waals surface area contributed by atoms with Crippen LogP contribution in [0.15, 0.2) is 35.7 Å². The van der Waals surface area contributed by atoms with E-state index in [0.29, 0.717) is 12.8 Å². The van der Waals surface area contributed by atoms with Gasteiger partial charge in [0, 0.05) is 4.88 Å². The first-order chi connectivity index (χ1) is 10.5. The summed E-state index contributed by atoms with van der Waals surface area (Å²) in [6.07, 6.45) is 0.832. The van der Waals surface area contributed by atoms with Crippen molar-refractivity contribution in [2.45, 2.75) is 25.0 Å². The summed E-state index contributed by atoms with van der Waals surface area (Å²) in [7, 11) is 0. The molecule has 0 aliphatic heterocycles. The molecule has 1 heterocycles.